The molecule has 2 heterocycles. The van der Waals surface area contributed by atoms with Crippen molar-refractivity contribution in [1.29, 1.82) is 0 Å². The predicted octanol–water partition coefficient (Wildman–Crippen LogP) is 5.67. The van der Waals surface area contributed by atoms with E-state index < -0.39 is 11.7 Å². The zero-order valence-corrected chi connectivity index (χ0v) is 15.5. The Morgan fingerprint density at radius 1 is 1.17 bits per heavy atom. The molecule has 10 heteroatoms. The second-order valence-corrected chi connectivity index (χ2v) is 8.62. The Kier molecular flexibility index (Phi) is 5.58. The molecule has 24 heavy (non-hydrogen) atoms. The van der Waals surface area contributed by atoms with E-state index in [1.54, 1.807) is 23.5 Å². The average Bonchev–Trinajstić information content (AvgIpc) is 3.02. The van der Waals surface area contributed by atoms with Crippen LogP contribution in [0.2, 0.25) is 0 Å². The third-order valence-corrected chi connectivity index (χ3v) is 6.70. The van der Waals surface area contributed by atoms with Crippen molar-refractivity contribution in [3.63, 3.8) is 0 Å². The van der Waals surface area contributed by atoms with Gasteiger partial charge in [-0.3, -0.25) is 4.98 Å². The van der Waals surface area contributed by atoms with Crippen molar-refractivity contribution in [2.45, 2.75) is 20.6 Å². The number of hydrogen-bond donors (Lipinski definition) is 0. The van der Waals surface area contributed by atoms with Gasteiger partial charge in [0.05, 0.1) is 16.2 Å². The normalized spacial score (nSPS) is 12.0. The smallest absolute Gasteiger partial charge is 0.256 e. The highest BCUT2D eigenvalue weighted by Crippen LogP contribution is 2.35. The molecule has 0 N–H and O–H groups in total. The van der Waals surface area contributed by atoms with Gasteiger partial charge >= 0.3 is 6.18 Å². The number of aromatic nitrogens is 3. The number of thioether (sulfide) groups is 3. The summed E-state index contributed by atoms with van der Waals surface area (Å²) in [7, 11) is 0. The van der Waals surface area contributed by atoms with Gasteiger partial charge in [0, 0.05) is 16.5 Å². The number of hydrogen-bond acceptors (Lipinski definition) is 7. The van der Waals surface area contributed by atoms with Crippen LogP contribution in [0.1, 0.15) is 5.56 Å². The number of benzene rings is 1. The molecule has 0 radical (unpaired) electrons. The lowest BCUT2D eigenvalue weighted by molar-refractivity contribution is -0.137. The van der Waals surface area contributed by atoms with Crippen molar-refractivity contribution < 1.29 is 13.2 Å². The summed E-state index contributed by atoms with van der Waals surface area (Å²) in [4.78, 5) is 9.30. The first kappa shape index (κ1) is 17.8. The van der Waals surface area contributed by atoms with Crippen LogP contribution in [0.15, 0.2) is 44.9 Å². The summed E-state index contributed by atoms with van der Waals surface area (Å²) >= 11 is 5.95. The lowest BCUT2D eigenvalue weighted by Crippen LogP contribution is -2.04. The molecule has 0 aliphatic carbocycles. The number of nitrogens with zero attached hydrogens (tertiary/aromatic N) is 3. The van der Waals surface area contributed by atoms with Crippen molar-refractivity contribution in [3.8, 4) is 0 Å². The molecular weight excluding hydrogens is 395 g/mol. The summed E-state index contributed by atoms with van der Waals surface area (Å²) < 4.78 is 43.4. The second kappa shape index (κ2) is 7.51. The van der Waals surface area contributed by atoms with Crippen molar-refractivity contribution in [2.75, 3.05) is 11.3 Å². The second-order valence-electron chi connectivity index (χ2n) is 4.49. The first-order valence-electron chi connectivity index (χ1n) is 6.56. The van der Waals surface area contributed by atoms with Crippen LogP contribution in [0.3, 0.4) is 0 Å². The van der Waals surface area contributed by atoms with Crippen molar-refractivity contribution >= 4 is 57.7 Å². The molecule has 3 rings (SSSR count). The van der Waals surface area contributed by atoms with E-state index in [-0.39, 0.29) is 0 Å². The molecule has 0 atom stereocenters. The minimum absolute atomic E-state index is 0.348. The SMILES string of the molecule is CSc1nsc(SCSc2ccnc3cc(C(F)(F)F)ccc23)n1. The maximum atomic E-state index is 12.8. The molecule has 2 aromatic heterocycles. The fraction of sp³-hybridized carbons (Fsp3) is 0.214. The topological polar surface area (TPSA) is 38.7 Å². The average molecular weight is 406 g/mol. The van der Waals surface area contributed by atoms with Gasteiger partial charge in [0.15, 0.2) is 4.34 Å². The van der Waals surface area contributed by atoms with E-state index in [0.717, 1.165) is 31.9 Å². The van der Waals surface area contributed by atoms with Gasteiger partial charge < -0.3 is 0 Å². The molecule has 0 bridgehead atoms. The number of halogens is 3. The molecule has 126 valence electrons. The Morgan fingerprint density at radius 3 is 2.71 bits per heavy atom. The summed E-state index contributed by atoms with van der Waals surface area (Å²) in [6.07, 6.45) is -0.905. The van der Waals surface area contributed by atoms with Gasteiger partial charge in [0.25, 0.3) is 0 Å². The summed E-state index contributed by atoms with van der Waals surface area (Å²) in [5.74, 6) is 0. The summed E-state index contributed by atoms with van der Waals surface area (Å²) in [6.45, 7) is 0. The first-order chi connectivity index (χ1) is 11.5. The molecule has 0 saturated carbocycles. The van der Waals surface area contributed by atoms with Gasteiger partial charge in [-0.25, -0.2) is 4.98 Å². The fourth-order valence-corrected chi connectivity index (χ4v) is 5.48. The van der Waals surface area contributed by atoms with Crippen LogP contribution in [0.4, 0.5) is 13.2 Å². The molecule has 1 aromatic carbocycles. The Labute approximate surface area is 153 Å². The van der Waals surface area contributed by atoms with Crippen LogP contribution >= 0.6 is 46.8 Å². The monoisotopic (exact) mass is 405 g/mol. The Morgan fingerprint density at radius 2 is 2.00 bits per heavy atom. The van der Waals surface area contributed by atoms with E-state index in [2.05, 4.69) is 14.3 Å². The molecule has 0 spiro atoms. The summed E-state index contributed by atoms with van der Waals surface area (Å²) in [5.41, 5.74) is -0.335. The molecular formula is C14H10F3N3S4. The molecule has 3 aromatic rings. The van der Waals surface area contributed by atoms with Crippen LogP contribution in [0.5, 0.6) is 0 Å². The van der Waals surface area contributed by atoms with Crippen molar-refractivity contribution in [1.82, 2.24) is 14.3 Å². The fourth-order valence-electron chi connectivity index (χ4n) is 1.91. The van der Waals surface area contributed by atoms with E-state index in [1.165, 1.54) is 35.6 Å². The predicted molar refractivity (Wildman–Crippen MR) is 95.0 cm³/mol. The number of rotatable bonds is 5. The third kappa shape index (κ3) is 4.16. The minimum atomic E-state index is -4.36. The minimum Gasteiger partial charge on any atom is -0.256 e. The number of pyridine rings is 1. The molecule has 0 saturated heterocycles. The van der Waals surface area contributed by atoms with E-state index in [1.807, 2.05) is 12.3 Å². The van der Waals surface area contributed by atoms with E-state index >= 15 is 0 Å². The van der Waals surface area contributed by atoms with Crippen LogP contribution in [0, 0.1) is 0 Å². The Hall–Kier alpha value is -0.970. The van der Waals surface area contributed by atoms with E-state index in [9.17, 15) is 13.2 Å². The lowest BCUT2D eigenvalue weighted by Gasteiger charge is -2.09. The van der Waals surface area contributed by atoms with Gasteiger partial charge in [-0.05, 0) is 36.0 Å². The third-order valence-electron chi connectivity index (χ3n) is 3.00. The highest BCUT2D eigenvalue weighted by Gasteiger charge is 2.30. The maximum absolute atomic E-state index is 12.8. The van der Waals surface area contributed by atoms with Gasteiger partial charge in [0.2, 0.25) is 5.16 Å². The first-order valence-corrected chi connectivity index (χ1v) is 10.5. The van der Waals surface area contributed by atoms with Crippen LogP contribution in [-0.2, 0) is 6.18 Å². The van der Waals surface area contributed by atoms with Gasteiger partial charge in [-0.15, -0.1) is 11.8 Å². The highest BCUT2D eigenvalue weighted by atomic mass is 32.2. The zero-order chi connectivity index (χ0) is 17.2. The number of alkyl halides is 3. The highest BCUT2D eigenvalue weighted by molar-refractivity contribution is 8.16. The zero-order valence-electron chi connectivity index (χ0n) is 12.2. The molecule has 0 aliphatic heterocycles. The van der Waals surface area contributed by atoms with Gasteiger partial charge in [-0.2, -0.15) is 17.5 Å². The quantitative estimate of drug-likeness (QED) is 0.402. The van der Waals surface area contributed by atoms with Crippen molar-refractivity contribution in [2.24, 2.45) is 0 Å². The number of fused-ring (bicyclic) bond motifs is 1. The molecule has 0 aliphatic rings. The molecule has 0 unspecified atom stereocenters. The van der Waals surface area contributed by atoms with E-state index in [4.69, 9.17) is 0 Å². The standard InChI is InChI=1S/C14H10F3N3S4/c1-21-12-19-13(24-20-12)23-7-22-11-4-5-18-10-6-8(14(15,16)17)2-3-9(10)11/h2-6H,7H2,1H3. The molecule has 0 amide bonds. The molecule has 0 fully saturated rings. The van der Waals surface area contributed by atoms with E-state index in [0.29, 0.717) is 10.6 Å². The van der Waals surface area contributed by atoms with Crippen LogP contribution < -0.4 is 0 Å². The largest absolute Gasteiger partial charge is 0.416 e. The van der Waals surface area contributed by atoms with Gasteiger partial charge in [-0.1, -0.05) is 29.6 Å². The van der Waals surface area contributed by atoms with Crippen LogP contribution in [-0.4, -0.2) is 25.7 Å². The summed E-state index contributed by atoms with van der Waals surface area (Å²) in [6, 6.07) is 5.47. The molecule has 3 nitrogen and oxygen atoms in total. The maximum Gasteiger partial charge on any atom is 0.416 e. The van der Waals surface area contributed by atoms with Crippen molar-refractivity contribution in [3.05, 3.63) is 36.0 Å². The Balaban J connectivity index is 1.74. The Bertz CT molecular complexity index is 851. The lowest BCUT2D eigenvalue weighted by atomic mass is 10.1. The van der Waals surface area contributed by atoms with Gasteiger partial charge in [0.1, 0.15) is 0 Å². The van der Waals surface area contributed by atoms with Crippen LogP contribution in [0.25, 0.3) is 10.9 Å². The summed E-state index contributed by atoms with van der Waals surface area (Å²) in [5, 5.41) is 2.17.